The summed E-state index contributed by atoms with van der Waals surface area (Å²) >= 11 is 0. The lowest BCUT2D eigenvalue weighted by atomic mass is 10.1. The summed E-state index contributed by atoms with van der Waals surface area (Å²) in [5.41, 5.74) is 2.06. The van der Waals surface area contributed by atoms with Crippen LogP contribution in [0.15, 0.2) is 53.6 Å². The van der Waals surface area contributed by atoms with Crippen molar-refractivity contribution in [2.24, 2.45) is 18.9 Å². The van der Waals surface area contributed by atoms with Crippen LogP contribution in [0.5, 0.6) is 0 Å². The van der Waals surface area contributed by atoms with Crippen LogP contribution in [0, 0.1) is 24.6 Å². The van der Waals surface area contributed by atoms with Crippen LogP contribution >= 0.6 is 0 Å². The second-order valence-corrected chi connectivity index (χ2v) is 8.70. The van der Waals surface area contributed by atoms with Crippen molar-refractivity contribution < 1.29 is 9.18 Å². The molecule has 2 aliphatic rings. The number of likely N-dealkylation sites (tertiary alicyclic amines) is 1. The Morgan fingerprint density at radius 3 is 2.62 bits per heavy atom. The number of carbonyl (C=O) groups is 1. The first-order valence-electron chi connectivity index (χ1n) is 10.6. The van der Waals surface area contributed by atoms with E-state index in [-0.39, 0.29) is 28.8 Å². The van der Waals surface area contributed by atoms with Gasteiger partial charge in [-0.25, -0.2) is 9.37 Å². The van der Waals surface area contributed by atoms with E-state index in [0.29, 0.717) is 36.4 Å². The van der Waals surface area contributed by atoms with E-state index in [1.165, 1.54) is 22.9 Å². The zero-order valence-electron chi connectivity index (χ0n) is 18.2. The molecule has 1 aliphatic carbocycles. The number of piperidine rings is 1. The van der Waals surface area contributed by atoms with Gasteiger partial charge in [0.1, 0.15) is 0 Å². The Morgan fingerprint density at radius 2 is 1.94 bits per heavy atom. The van der Waals surface area contributed by atoms with Crippen LogP contribution in [0.3, 0.4) is 0 Å². The molecule has 3 aromatic rings. The highest BCUT2D eigenvalue weighted by atomic mass is 19.1. The molecule has 1 saturated carbocycles. The summed E-state index contributed by atoms with van der Waals surface area (Å²) in [4.78, 5) is 37.7. The molecule has 164 valence electrons. The van der Waals surface area contributed by atoms with Gasteiger partial charge in [-0.1, -0.05) is 17.7 Å². The molecule has 1 aromatic carbocycles. The van der Waals surface area contributed by atoms with Crippen LogP contribution in [0.25, 0.3) is 11.3 Å². The van der Waals surface area contributed by atoms with Crippen molar-refractivity contribution in [3.8, 4) is 11.3 Å². The number of aromatic nitrogens is 3. The summed E-state index contributed by atoms with van der Waals surface area (Å²) in [7, 11) is 3.57. The Balaban J connectivity index is 1.35. The molecular weight excluding hydrogens is 409 g/mol. The van der Waals surface area contributed by atoms with E-state index >= 15 is 0 Å². The third-order valence-corrected chi connectivity index (χ3v) is 6.62. The quantitative estimate of drug-likeness (QED) is 0.632. The van der Waals surface area contributed by atoms with E-state index in [1.54, 1.807) is 7.05 Å². The van der Waals surface area contributed by atoms with E-state index in [9.17, 15) is 14.0 Å². The zero-order valence-corrected chi connectivity index (χ0v) is 18.2. The van der Waals surface area contributed by atoms with Crippen molar-refractivity contribution in [2.45, 2.75) is 13.0 Å². The summed E-state index contributed by atoms with van der Waals surface area (Å²) in [6.07, 6.45) is 2.59. The first kappa shape index (κ1) is 20.4. The monoisotopic (exact) mass is 433 g/mol. The molecule has 3 atom stereocenters. The Morgan fingerprint density at radius 1 is 1.19 bits per heavy atom. The lowest BCUT2D eigenvalue weighted by molar-refractivity contribution is 0.0772. The van der Waals surface area contributed by atoms with Gasteiger partial charge in [-0.2, -0.15) is 0 Å². The number of hydrogen-bond acceptors (Lipinski definition) is 5. The fraction of sp³-hybridized carbons (Fsp3) is 0.333. The van der Waals surface area contributed by atoms with Crippen LogP contribution in [0.2, 0.25) is 0 Å². The molecule has 5 rings (SSSR count). The normalized spacial score (nSPS) is 21.4. The zero-order chi connectivity index (χ0) is 22.6. The Labute approximate surface area is 185 Å². The standard InChI is InChI=1S/C24H24FN5O2/c1-14-5-4-6-15(9-14)23(32)30-12-17-18(13-30)22(17)29(3)24-27-20(10-21(31)28(24)2)16-7-8-26-11-19(16)25/h4-11,17-18,22H,12-13H2,1-3H3/t17-,18+,22?. The average Bonchev–Trinajstić information content (AvgIpc) is 3.28. The molecule has 8 heteroatoms. The van der Waals surface area contributed by atoms with Crippen LogP contribution in [0.1, 0.15) is 15.9 Å². The number of halogens is 1. The minimum Gasteiger partial charge on any atom is -0.342 e. The van der Waals surface area contributed by atoms with Gasteiger partial charge < -0.3 is 9.80 Å². The Bertz CT molecular complexity index is 1260. The molecule has 1 saturated heterocycles. The van der Waals surface area contributed by atoms with Crippen molar-refractivity contribution in [1.82, 2.24) is 19.4 Å². The fourth-order valence-corrected chi connectivity index (χ4v) is 4.89. The smallest absolute Gasteiger partial charge is 0.255 e. The summed E-state index contributed by atoms with van der Waals surface area (Å²) in [6, 6.07) is 10.7. The van der Waals surface area contributed by atoms with Gasteiger partial charge in [0.15, 0.2) is 5.82 Å². The molecule has 2 aromatic heterocycles. The number of benzene rings is 1. The molecule has 2 fully saturated rings. The molecule has 32 heavy (non-hydrogen) atoms. The van der Waals surface area contributed by atoms with Gasteiger partial charge in [-0.05, 0) is 25.1 Å². The first-order valence-corrected chi connectivity index (χ1v) is 10.6. The third-order valence-electron chi connectivity index (χ3n) is 6.62. The van der Waals surface area contributed by atoms with Crippen molar-refractivity contribution >= 4 is 11.9 Å². The Kier molecular flexibility index (Phi) is 4.80. The van der Waals surface area contributed by atoms with Crippen LogP contribution < -0.4 is 10.5 Å². The van der Waals surface area contributed by atoms with Gasteiger partial charge in [0, 0.05) is 68.5 Å². The van der Waals surface area contributed by atoms with Gasteiger partial charge in [0.2, 0.25) is 5.95 Å². The van der Waals surface area contributed by atoms with Gasteiger partial charge >= 0.3 is 0 Å². The number of anilines is 1. The number of rotatable bonds is 4. The van der Waals surface area contributed by atoms with Crippen LogP contribution in [0.4, 0.5) is 10.3 Å². The molecule has 1 unspecified atom stereocenters. The first-order chi connectivity index (χ1) is 15.3. The lowest BCUT2D eigenvalue weighted by Crippen LogP contribution is -2.38. The SMILES string of the molecule is Cc1cccc(C(=O)N2C[C@@H]3C(N(C)c4nc(-c5ccncc5F)cc(=O)n4C)[C@@H]3C2)c1. The Hall–Kier alpha value is -3.55. The molecule has 1 amide bonds. The maximum absolute atomic E-state index is 14.2. The van der Waals surface area contributed by atoms with E-state index < -0.39 is 5.82 Å². The van der Waals surface area contributed by atoms with Gasteiger partial charge in [-0.3, -0.25) is 19.1 Å². The number of fused-ring (bicyclic) bond motifs is 1. The predicted molar refractivity (Wildman–Crippen MR) is 119 cm³/mol. The molecule has 0 spiro atoms. The second-order valence-electron chi connectivity index (χ2n) is 8.70. The minimum atomic E-state index is -0.518. The number of nitrogens with zero attached hydrogens (tertiary/aromatic N) is 5. The largest absolute Gasteiger partial charge is 0.342 e. The van der Waals surface area contributed by atoms with Gasteiger partial charge in [0.05, 0.1) is 11.9 Å². The third kappa shape index (κ3) is 3.36. The highest BCUT2D eigenvalue weighted by molar-refractivity contribution is 5.94. The molecule has 3 heterocycles. The summed E-state index contributed by atoms with van der Waals surface area (Å²) in [6.45, 7) is 3.34. The summed E-state index contributed by atoms with van der Waals surface area (Å²) < 4.78 is 15.7. The minimum absolute atomic E-state index is 0.0583. The van der Waals surface area contributed by atoms with E-state index in [4.69, 9.17) is 0 Å². The number of carbonyl (C=O) groups excluding carboxylic acids is 1. The van der Waals surface area contributed by atoms with Gasteiger partial charge in [0.25, 0.3) is 11.5 Å². The molecule has 0 radical (unpaired) electrons. The number of aryl methyl sites for hydroxylation is 1. The molecule has 0 bridgehead atoms. The second kappa shape index (κ2) is 7.55. The van der Waals surface area contributed by atoms with Gasteiger partial charge in [-0.15, -0.1) is 0 Å². The highest BCUT2D eigenvalue weighted by Gasteiger charge is 2.59. The predicted octanol–water partition coefficient (Wildman–Crippen LogP) is 2.50. The number of pyridine rings is 1. The van der Waals surface area contributed by atoms with Crippen LogP contribution in [-0.2, 0) is 7.05 Å². The van der Waals surface area contributed by atoms with E-state index in [0.717, 1.165) is 11.8 Å². The van der Waals surface area contributed by atoms with E-state index in [2.05, 4.69) is 9.97 Å². The number of amides is 1. The highest BCUT2D eigenvalue weighted by Crippen LogP contribution is 2.49. The average molecular weight is 433 g/mol. The van der Waals surface area contributed by atoms with Crippen LogP contribution in [-0.4, -0.2) is 51.5 Å². The maximum atomic E-state index is 14.2. The molecule has 1 aliphatic heterocycles. The molecule has 7 nitrogen and oxygen atoms in total. The lowest BCUT2D eigenvalue weighted by Gasteiger charge is -2.26. The van der Waals surface area contributed by atoms with E-state index in [1.807, 2.05) is 48.0 Å². The van der Waals surface area contributed by atoms with Crippen molar-refractivity contribution in [1.29, 1.82) is 0 Å². The summed E-state index contributed by atoms with van der Waals surface area (Å²) in [5, 5.41) is 0. The van der Waals surface area contributed by atoms with Crippen molar-refractivity contribution in [3.63, 3.8) is 0 Å². The molecule has 0 N–H and O–H groups in total. The summed E-state index contributed by atoms with van der Waals surface area (Å²) in [5.74, 6) is 0.678. The number of hydrogen-bond donors (Lipinski definition) is 0. The fourth-order valence-electron chi connectivity index (χ4n) is 4.89. The molecular formula is C24H24FN5O2. The topological polar surface area (TPSA) is 71.3 Å². The van der Waals surface area contributed by atoms with Crippen molar-refractivity contribution in [3.05, 3.63) is 76.1 Å². The maximum Gasteiger partial charge on any atom is 0.255 e. The van der Waals surface area contributed by atoms with Crippen molar-refractivity contribution in [2.75, 3.05) is 25.0 Å².